The second-order valence-electron chi connectivity index (χ2n) is 4.48. The van der Waals surface area contributed by atoms with Crippen LogP contribution in [0.1, 0.15) is 22.2 Å². The van der Waals surface area contributed by atoms with E-state index in [0.717, 1.165) is 16.9 Å². The van der Waals surface area contributed by atoms with Crippen molar-refractivity contribution in [3.05, 3.63) is 46.2 Å². The smallest absolute Gasteiger partial charge is 0.262 e. The summed E-state index contributed by atoms with van der Waals surface area (Å²) in [6.07, 6.45) is 0. The number of anilines is 1. The molecule has 2 rings (SSSR count). The summed E-state index contributed by atoms with van der Waals surface area (Å²) in [5.74, 6) is -0.264. The number of sulfonamides is 1. The molecule has 2 N–H and O–H groups in total. The van der Waals surface area contributed by atoms with Gasteiger partial charge in [-0.05, 0) is 37.6 Å². The fourth-order valence-electron chi connectivity index (χ4n) is 1.75. The first-order valence-corrected chi connectivity index (χ1v) is 8.75. The lowest BCUT2D eigenvalue weighted by atomic mass is 10.2. The molecule has 21 heavy (non-hydrogen) atoms. The van der Waals surface area contributed by atoms with Crippen molar-refractivity contribution in [1.29, 1.82) is 0 Å². The number of nitrogens with one attached hydrogen (secondary N) is 2. The molecule has 0 saturated heterocycles. The SMILES string of the molecule is CCNC(=O)c1cc(S(=O)(=O)Nc2cccc(C)c2)cs1. The standard InChI is InChI=1S/C14H16N2O3S2/c1-3-15-14(17)13-8-12(9-20-13)21(18,19)16-11-6-4-5-10(2)7-11/h4-9,16H,3H2,1-2H3,(H,15,17). The topological polar surface area (TPSA) is 75.3 Å². The van der Waals surface area contributed by atoms with E-state index >= 15 is 0 Å². The highest BCUT2D eigenvalue weighted by atomic mass is 32.2. The maximum atomic E-state index is 12.3. The second-order valence-corrected chi connectivity index (χ2v) is 7.07. The van der Waals surface area contributed by atoms with E-state index in [0.29, 0.717) is 17.1 Å². The van der Waals surface area contributed by atoms with E-state index in [9.17, 15) is 13.2 Å². The summed E-state index contributed by atoms with van der Waals surface area (Å²) in [6.45, 7) is 4.19. The van der Waals surface area contributed by atoms with Gasteiger partial charge in [-0.3, -0.25) is 9.52 Å². The fourth-order valence-corrected chi connectivity index (χ4v) is 3.99. The van der Waals surface area contributed by atoms with E-state index in [4.69, 9.17) is 0 Å². The van der Waals surface area contributed by atoms with Gasteiger partial charge in [-0.2, -0.15) is 0 Å². The van der Waals surface area contributed by atoms with E-state index < -0.39 is 10.0 Å². The van der Waals surface area contributed by atoms with Crippen LogP contribution >= 0.6 is 11.3 Å². The van der Waals surface area contributed by atoms with Gasteiger partial charge < -0.3 is 5.32 Å². The Labute approximate surface area is 128 Å². The molecule has 0 unspecified atom stereocenters. The molecule has 2 aromatic rings. The van der Waals surface area contributed by atoms with Crippen LogP contribution in [0.25, 0.3) is 0 Å². The van der Waals surface area contributed by atoms with Crippen molar-refractivity contribution in [3.63, 3.8) is 0 Å². The van der Waals surface area contributed by atoms with Crippen molar-refractivity contribution in [2.75, 3.05) is 11.3 Å². The van der Waals surface area contributed by atoms with E-state index in [1.165, 1.54) is 11.4 Å². The van der Waals surface area contributed by atoms with Crippen LogP contribution in [0.5, 0.6) is 0 Å². The highest BCUT2D eigenvalue weighted by Crippen LogP contribution is 2.22. The fraction of sp³-hybridized carbons (Fsp3) is 0.214. The van der Waals surface area contributed by atoms with Crippen LogP contribution < -0.4 is 10.0 Å². The van der Waals surface area contributed by atoms with Gasteiger partial charge in [0.1, 0.15) is 0 Å². The molecule has 1 aromatic heterocycles. The summed E-state index contributed by atoms with van der Waals surface area (Å²) in [6, 6.07) is 8.47. The summed E-state index contributed by atoms with van der Waals surface area (Å²) in [5, 5.41) is 4.10. The van der Waals surface area contributed by atoms with E-state index in [-0.39, 0.29) is 10.8 Å². The first-order chi connectivity index (χ1) is 9.92. The molecule has 0 aliphatic heterocycles. The Morgan fingerprint density at radius 2 is 2.05 bits per heavy atom. The summed E-state index contributed by atoms with van der Waals surface area (Å²) >= 11 is 1.11. The van der Waals surface area contributed by atoms with E-state index in [2.05, 4.69) is 10.0 Å². The molecule has 0 radical (unpaired) electrons. The second kappa shape index (κ2) is 6.28. The highest BCUT2D eigenvalue weighted by molar-refractivity contribution is 7.92. The third kappa shape index (κ3) is 3.83. The molecule has 0 aliphatic carbocycles. The van der Waals surface area contributed by atoms with Gasteiger partial charge in [0.05, 0.1) is 9.77 Å². The van der Waals surface area contributed by atoms with Gasteiger partial charge in [-0.1, -0.05) is 12.1 Å². The predicted octanol–water partition coefficient (Wildman–Crippen LogP) is 2.61. The first-order valence-electron chi connectivity index (χ1n) is 6.38. The van der Waals surface area contributed by atoms with Crippen molar-refractivity contribution >= 4 is 33.0 Å². The van der Waals surface area contributed by atoms with Crippen LogP contribution in [0.2, 0.25) is 0 Å². The molecule has 0 atom stereocenters. The zero-order valence-corrected chi connectivity index (χ0v) is 13.3. The van der Waals surface area contributed by atoms with Gasteiger partial charge in [0.2, 0.25) is 0 Å². The van der Waals surface area contributed by atoms with Crippen LogP contribution in [0.3, 0.4) is 0 Å². The molecule has 0 fully saturated rings. The molecule has 0 bridgehead atoms. The Bertz CT molecular complexity index is 751. The molecule has 1 amide bonds. The minimum absolute atomic E-state index is 0.0928. The maximum absolute atomic E-state index is 12.3. The molecule has 112 valence electrons. The molecule has 5 nitrogen and oxygen atoms in total. The number of amides is 1. The van der Waals surface area contributed by atoms with Gasteiger partial charge in [-0.15, -0.1) is 11.3 Å². The normalized spacial score (nSPS) is 11.1. The Hall–Kier alpha value is -1.86. The number of thiophene rings is 1. The van der Waals surface area contributed by atoms with Gasteiger partial charge in [0.15, 0.2) is 0 Å². The molecular formula is C14H16N2O3S2. The average Bonchev–Trinajstić information content (AvgIpc) is 2.89. The Morgan fingerprint density at radius 1 is 1.29 bits per heavy atom. The molecule has 0 aliphatic rings. The summed E-state index contributed by atoms with van der Waals surface area (Å²) in [4.78, 5) is 12.1. The van der Waals surface area contributed by atoms with Gasteiger partial charge in [-0.25, -0.2) is 8.42 Å². The number of hydrogen-bond donors (Lipinski definition) is 2. The van der Waals surface area contributed by atoms with Crippen LogP contribution in [0, 0.1) is 6.92 Å². The minimum Gasteiger partial charge on any atom is -0.352 e. The zero-order valence-electron chi connectivity index (χ0n) is 11.7. The number of carbonyl (C=O) groups is 1. The van der Waals surface area contributed by atoms with Crippen molar-refractivity contribution in [3.8, 4) is 0 Å². The van der Waals surface area contributed by atoms with Crippen molar-refractivity contribution in [2.24, 2.45) is 0 Å². The van der Waals surface area contributed by atoms with Gasteiger partial charge in [0, 0.05) is 17.6 Å². The Balaban J connectivity index is 2.22. The molecule has 7 heteroatoms. The lowest BCUT2D eigenvalue weighted by Crippen LogP contribution is -2.21. The van der Waals surface area contributed by atoms with Crippen LogP contribution in [-0.4, -0.2) is 20.9 Å². The van der Waals surface area contributed by atoms with Crippen LogP contribution in [-0.2, 0) is 10.0 Å². The van der Waals surface area contributed by atoms with Crippen molar-refractivity contribution < 1.29 is 13.2 Å². The van der Waals surface area contributed by atoms with Gasteiger partial charge in [0.25, 0.3) is 15.9 Å². The predicted molar refractivity (Wildman–Crippen MR) is 84.3 cm³/mol. The molecular weight excluding hydrogens is 308 g/mol. The Morgan fingerprint density at radius 3 is 2.71 bits per heavy atom. The first kappa shape index (κ1) is 15.5. The number of rotatable bonds is 5. The average molecular weight is 324 g/mol. The third-order valence-corrected chi connectivity index (χ3v) is 5.16. The largest absolute Gasteiger partial charge is 0.352 e. The summed E-state index contributed by atoms with van der Waals surface area (Å²) in [5.41, 5.74) is 1.46. The summed E-state index contributed by atoms with van der Waals surface area (Å²) in [7, 11) is -3.68. The molecule has 0 spiro atoms. The van der Waals surface area contributed by atoms with Crippen LogP contribution in [0.4, 0.5) is 5.69 Å². The van der Waals surface area contributed by atoms with Crippen LogP contribution in [0.15, 0.2) is 40.6 Å². The summed E-state index contributed by atoms with van der Waals surface area (Å²) < 4.78 is 27.0. The molecule has 1 heterocycles. The van der Waals surface area contributed by atoms with Crippen molar-refractivity contribution in [2.45, 2.75) is 18.7 Å². The number of carbonyl (C=O) groups excluding carboxylic acids is 1. The highest BCUT2D eigenvalue weighted by Gasteiger charge is 2.18. The lowest BCUT2D eigenvalue weighted by molar-refractivity contribution is 0.0959. The van der Waals surface area contributed by atoms with E-state index in [1.54, 1.807) is 18.2 Å². The van der Waals surface area contributed by atoms with E-state index in [1.807, 2.05) is 19.9 Å². The molecule has 1 aromatic carbocycles. The number of aryl methyl sites for hydroxylation is 1. The zero-order chi connectivity index (χ0) is 15.5. The number of benzene rings is 1. The quantitative estimate of drug-likeness (QED) is 0.887. The lowest BCUT2D eigenvalue weighted by Gasteiger charge is -2.06. The maximum Gasteiger partial charge on any atom is 0.262 e. The minimum atomic E-state index is -3.68. The monoisotopic (exact) mass is 324 g/mol. The number of hydrogen-bond acceptors (Lipinski definition) is 4. The molecule has 0 saturated carbocycles. The Kier molecular flexibility index (Phi) is 4.64. The third-order valence-electron chi connectivity index (χ3n) is 2.72. The van der Waals surface area contributed by atoms with Gasteiger partial charge >= 0.3 is 0 Å². The van der Waals surface area contributed by atoms with Crippen molar-refractivity contribution in [1.82, 2.24) is 5.32 Å².